The lowest BCUT2D eigenvalue weighted by atomic mass is 10.1. The van der Waals surface area contributed by atoms with Crippen molar-refractivity contribution in [3.05, 3.63) is 53.0 Å². The van der Waals surface area contributed by atoms with Crippen molar-refractivity contribution in [3.8, 4) is 17.0 Å². The maximum Gasteiger partial charge on any atom is 0.410 e. The van der Waals surface area contributed by atoms with E-state index in [9.17, 15) is 19.1 Å². The summed E-state index contributed by atoms with van der Waals surface area (Å²) >= 11 is 0. The second kappa shape index (κ2) is 10.9. The number of halogens is 2. The predicted molar refractivity (Wildman–Crippen MR) is 153 cm³/mol. The van der Waals surface area contributed by atoms with Crippen LogP contribution in [0.1, 0.15) is 41.5 Å². The van der Waals surface area contributed by atoms with Crippen LogP contribution >= 0.6 is 0 Å². The number of anilines is 1. The molecule has 10 nitrogen and oxygen atoms in total. The maximum atomic E-state index is 15.6. The number of pyridine rings is 1. The molecule has 1 fully saturated rings. The molecule has 1 aliphatic heterocycles. The maximum absolute atomic E-state index is 15.6. The average molecular weight is 569 g/mol. The van der Waals surface area contributed by atoms with Crippen LogP contribution in [0.3, 0.4) is 0 Å². The summed E-state index contributed by atoms with van der Waals surface area (Å²) in [5.74, 6) is -2.56. The summed E-state index contributed by atoms with van der Waals surface area (Å²) in [6.45, 7) is 15.3. The number of carbonyl (C=O) groups excluding carboxylic acids is 1. The number of benzene rings is 1. The van der Waals surface area contributed by atoms with Crippen LogP contribution in [0.4, 0.5) is 19.4 Å². The number of hydrogen-bond donors (Lipinski definition) is 2. The van der Waals surface area contributed by atoms with Gasteiger partial charge in [0.25, 0.3) is 0 Å². The topological polar surface area (TPSA) is 125 Å². The first-order chi connectivity index (χ1) is 19.1. The van der Waals surface area contributed by atoms with E-state index in [1.165, 1.54) is 12.1 Å². The van der Waals surface area contributed by atoms with E-state index in [-0.39, 0.29) is 59.9 Å². The monoisotopic (exact) mass is 568 g/mol. The lowest BCUT2D eigenvalue weighted by Crippen LogP contribution is -2.55. The van der Waals surface area contributed by atoms with Gasteiger partial charge in [0.15, 0.2) is 11.5 Å². The van der Waals surface area contributed by atoms with Gasteiger partial charge in [0.2, 0.25) is 0 Å². The van der Waals surface area contributed by atoms with Crippen LogP contribution in [0.2, 0.25) is 0 Å². The lowest BCUT2D eigenvalue weighted by molar-refractivity contribution is 0.0218. The molecule has 41 heavy (non-hydrogen) atoms. The molecule has 1 saturated heterocycles. The Kier molecular flexibility index (Phi) is 7.88. The van der Waals surface area contributed by atoms with Crippen molar-refractivity contribution in [2.75, 3.05) is 24.5 Å². The third-order valence-electron chi connectivity index (χ3n) is 6.74. The molecule has 1 aliphatic rings. The molecule has 1 aromatic carbocycles. The molecule has 0 bridgehead atoms. The predicted octanol–water partition coefficient (Wildman–Crippen LogP) is 5.03. The number of hydrogen-bond acceptors (Lipinski definition) is 8. The van der Waals surface area contributed by atoms with Crippen molar-refractivity contribution >= 4 is 34.4 Å². The van der Waals surface area contributed by atoms with Crippen molar-refractivity contribution in [1.29, 1.82) is 5.41 Å². The molecular formula is C29H34F2N6O4. The highest BCUT2D eigenvalue weighted by Crippen LogP contribution is 2.36. The van der Waals surface area contributed by atoms with Crippen LogP contribution in [-0.2, 0) is 4.74 Å². The number of nitrogens with zero attached hydrogens (tertiary/aromatic N) is 5. The third-order valence-corrected chi connectivity index (χ3v) is 6.74. The second-order valence-corrected chi connectivity index (χ2v) is 11.4. The number of ether oxygens (including phenoxy) is 1. The minimum absolute atomic E-state index is 0.0142. The molecule has 0 saturated carbocycles. The van der Waals surface area contributed by atoms with E-state index in [0.29, 0.717) is 0 Å². The van der Waals surface area contributed by atoms with Crippen LogP contribution in [0.25, 0.3) is 28.0 Å². The van der Waals surface area contributed by atoms with Gasteiger partial charge in [0, 0.05) is 25.7 Å². The van der Waals surface area contributed by atoms with Crippen molar-refractivity contribution in [3.63, 3.8) is 0 Å². The Morgan fingerprint density at radius 3 is 2.46 bits per heavy atom. The zero-order valence-electron chi connectivity index (χ0n) is 24.0. The van der Waals surface area contributed by atoms with Gasteiger partial charge in [-0.2, -0.15) is 4.98 Å². The Bertz CT molecular complexity index is 1590. The Labute approximate surface area is 236 Å². The Hall–Kier alpha value is -4.35. The van der Waals surface area contributed by atoms with E-state index < -0.39 is 46.0 Å². The Balaban J connectivity index is 1.89. The summed E-state index contributed by atoms with van der Waals surface area (Å²) in [5, 5.41) is 18.9. The van der Waals surface area contributed by atoms with E-state index in [1.54, 1.807) is 44.4 Å². The summed E-state index contributed by atoms with van der Waals surface area (Å²) in [7, 11) is 0. The first-order valence-corrected chi connectivity index (χ1v) is 13.2. The quantitative estimate of drug-likeness (QED) is 0.414. The highest BCUT2D eigenvalue weighted by atomic mass is 19.1. The first-order valence-electron chi connectivity index (χ1n) is 13.2. The largest absolute Gasteiger partial charge is 0.507 e. The van der Waals surface area contributed by atoms with Gasteiger partial charge in [-0.1, -0.05) is 26.5 Å². The van der Waals surface area contributed by atoms with Crippen LogP contribution in [0.15, 0.2) is 35.6 Å². The molecule has 1 amide bonds. The number of phenolic OH excluding ortho intramolecular Hbond substituents is 1. The fourth-order valence-electron chi connectivity index (χ4n) is 4.71. The fourth-order valence-corrected chi connectivity index (χ4v) is 4.71. The summed E-state index contributed by atoms with van der Waals surface area (Å²) < 4.78 is 36.9. The van der Waals surface area contributed by atoms with Crippen molar-refractivity contribution in [1.82, 2.24) is 19.4 Å². The lowest BCUT2D eigenvalue weighted by Gasteiger charge is -2.41. The Morgan fingerprint density at radius 2 is 1.88 bits per heavy atom. The fraction of sp³-hybridized carbons (Fsp3) is 0.414. The minimum atomic E-state index is -0.948. The molecule has 218 valence electrons. The first kappa shape index (κ1) is 29.6. The molecule has 4 rings (SSSR count). The van der Waals surface area contributed by atoms with E-state index in [4.69, 9.17) is 10.1 Å². The summed E-state index contributed by atoms with van der Waals surface area (Å²) in [6, 6.07) is 4.27. The van der Waals surface area contributed by atoms with Crippen LogP contribution in [-0.4, -0.2) is 67.6 Å². The van der Waals surface area contributed by atoms with Gasteiger partial charge < -0.3 is 25.1 Å². The van der Waals surface area contributed by atoms with Gasteiger partial charge in [-0.3, -0.25) is 0 Å². The van der Waals surface area contributed by atoms with Crippen molar-refractivity contribution < 1.29 is 23.4 Å². The SMILES string of the molecule is C=C(C(=N)C(C)C)n1c(=O)nc(N2CCN(C(=O)OC(C)(C)C)C[C@@H]2C)c2cc(F)c(-c3c(O)cccc3F)nc21. The summed E-state index contributed by atoms with van der Waals surface area (Å²) in [5.41, 5.74) is -2.54. The average Bonchev–Trinajstić information content (AvgIpc) is 2.87. The number of allylic oxidation sites excluding steroid dienone is 1. The number of rotatable bonds is 5. The van der Waals surface area contributed by atoms with Gasteiger partial charge in [-0.15, -0.1) is 0 Å². The standard InChI is InChI=1S/C29H34F2N6O4/c1-15(2)23(32)17(4)37-26-18(13-20(31)24(33-26)22-19(30)9-8-10-21(22)38)25(34-27(37)39)36-12-11-35(14-16(36)3)28(40)41-29(5,6)7/h8-10,13,15-16,32,38H,4,11-12,14H2,1-3,5-7H3/t16-/m0/s1. The molecule has 0 spiro atoms. The molecule has 3 heterocycles. The number of nitrogens with one attached hydrogen (secondary N) is 1. The van der Waals surface area contributed by atoms with Crippen LogP contribution in [0.5, 0.6) is 5.75 Å². The third kappa shape index (κ3) is 5.77. The minimum Gasteiger partial charge on any atom is -0.507 e. The van der Waals surface area contributed by atoms with E-state index in [2.05, 4.69) is 16.5 Å². The molecule has 12 heteroatoms. The normalized spacial score (nSPS) is 15.9. The van der Waals surface area contributed by atoms with Gasteiger partial charge in [-0.05, 0) is 51.8 Å². The molecule has 0 unspecified atom stereocenters. The molecule has 2 aromatic heterocycles. The van der Waals surface area contributed by atoms with Crippen molar-refractivity contribution in [2.24, 2.45) is 5.92 Å². The van der Waals surface area contributed by atoms with Crippen molar-refractivity contribution in [2.45, 2.75) is 53.2 Å². The smallest absolute Gasteiger partial charge is 0.410 e. The van der Waals surface area contributed by atoms with E-state index >= 15 is 4.39 Å². The van der Waals surface area contributed by atoms with Crippen LogP contribution < -0.4 is 10.6 Å². The summed E-state index contributed by atoms with van der Waals surface area (Å²) in [4.78, 5) is 38.1. The molecule has 0 aliphatic carbocycles. The number of amides is 1. The molecule has 3 aromatic rings. The molecular weight excluding hydrogens is 534 g/mol. The second-order valence-electron chi connectivity index (χ2n) is 11.4. The highest BCUT2D eigenvalue weighted by molar-refractivity contribution is 6.18. The number of phenols is 1. The van der Waals surface area contributed by atoms with E-state index in [1.807, 2.05) is 6.92 Å². The molecule has 1 atom stereocenters. The zero-order chi connectivity index (χ0) is 30.4. The number of aromatic nitrogens is 3. The number of piperazine rings is 1. The zero-order valence-corrected chi connectivity index (χ0v) is 24.0. The number of carbonyl (C=O) groups is 1. The number of fused-ring (bicyclic) bond motifs is 1. The van der Waals surface area contributed by atoms with E-state index in [0.717, 1.165) is 16.7 Å². The van der Waals surface area contributed by atoms with Crippen LogP contribution in [0, 0.1) is 23.0 Å². The highest BCUT2D eigenvalue weighted by Gasteiger charge is 2.33. The van der Waals surface area contributed by atoms with Gasteiger partial charge in [-0.25, -0.2) is 27.9 Å². The molecule has 0 radical (unpaired) electrons. The van der Waals surface area contributed by atoms with Gasteiger partial charge in [0.05, 0.1) is 22.4 Å². The van der Waals surface area contributed by atoms with Gasteiger partial charge in [0.1, 0.15) is 28.7 Å². The number of aromatic hydroxyl groups is 1. The van der Waals surface area contributed by atoms with Gasteiger partial charge >= 0.3 is 11.8 Å². The molecule has 2 N–H and O–H groups in total. The summed E-state index contributed by atoms with van der Waals surface area (Å²) in [6.07, 6.45) is -0.470. The Morgan fingerprint density at radius 1 is 1.20 bits per heavy atom.